The van der Waals surface area contributed by atoms with Crippen LogP contribution in [0.4, 0.5) is 0 Å². The van der Waals surface area contributed by atoms with Gasteiger partial charge in [0.05, 0.1) is 6.21 Å². The van der Waals surface area contributed by atoms with E-state index in [9.17, 15) is 4.79 Å². The summed E-state index contributed by atoms with van der Waals surface area (Å²) < 4.78 is 6.14. The summed E-state index contributed by atoms with van der Waals surface area (Å²) in [5.41, 5.74) is 4.54. The van der Waals surface area contributed by atoms with Crippen molar-refractivity contribution < 1.29 is 9.53 Å². The Balaban J connectivity index is 1.78. The second-order valence-corrected chi connectivity index (χ2v) is 5.75. The van der Waals surface area contributed by atoms with Crippen LogP contribution in [0.15, 0.2) is 64.2 Å². The van der Waals surface area contributed by atoms with Gasteiger partial charge in [0.25, 0.3) is 5.91 Å². The monoisotopic (exact) mass is 372 g/mol. The van der Waals surface area contributed by atoms with Crippen molar-refractivity contribution in [3.8, 4) is 5.75 Å². The van der Waals surface area contributed by atoms with Crippen LogP contribution in [0.5, 0.6) is 5.75 Å². The third-order valence-corrected chi connectivity index (χ3v) is 3.27. The molecule has 4 nitrogen and oxygen atoms in total. The molecule has 1 N–H and O–H groups in total. The number of ether oxygens (including phenoxy) is 1. The molecule has 0 spiro atoms. The Bertz CT molecular complexity index is 712. The zero-order valence-corrected chi connectivity index (χ0v) is 14.3. The van der Waals surface area contributed by atoms with E-state index in [2.05, 4.69) is 26.5 Å². The van der Waals surface area contributed by atoms with E-state index in [0.717, 1.165) is 15.6 Å². The highest BCUT2D eigenvalue weighted by molar-refractivity contribution is 9.12. The highest BCUT2D eigenvalue weighted by atomic mass is 79.9. The van der Waals surface area contributed by atoms with Crippen molar-refractivity contribution in [2.45, 2.75) is 6.92 Å². The minimum atomic E-state index is -0.317. The topological polar surface area (TPSA) is 50.7 Å². The van der Waals surface area contributed by atoms with Crippen LogP contribution in [0.25, 0.3) is 6.08 Å². The number of hydrogen-bond donors (Lipinski definition) is 1. The Labute approximate surface area is 144 Å². The number of benzene rings is 2. The van der Waals surface area contributed by atoms with Crippen LogP contribution in [-0.2, 0) is 4.79 Å². The quantitative estimate of drug-likeness (QED) is 0.617. The summed E-state index contributed by atoms with van der Waals surface area (Å²) in [5, 5.41) is 3.88. The number of allylic oxidation sites excluding steroid dienone is 1. The number of aryl methyl sites for hydroxylation is 1. The van der Waals surface area contributed by atoms with Gasteiger partial charge < -0.3 is 4.74 Å². The molecule has 5 heteroatoms. The number of nitrogens with zero attached hydrogens (tertiary/aromatic N) is 1. The summed E-state index contributed by atoms with van der Waals surface area (Å²) in [6, 6.07) is 17.3. The Morgan fingerprint density at radius 1 is 1.22 bits per heavy atom. The Kier molecular flexibility index (Phi) is 6.56. The summed E-state index contributed by atoms with van der Waals surface area (Å²) in [5.74, 6) is 0.344. The number of hydrazone groups is 1. The standard InChI is InChI=1S/C18H17BrN2O2/c1-14-6-5-9-17(10-14)23-13-18(22)21-20-12-16(19)11-15-7-3-2-4-8-15/h2-12H,13H2,1H3,(H,21,22)/b16-11+,20-12?. The van der Waals surface area contributed by atoms with Crippen LogP contribution >= 0.6 is 15.9 Å². The van der Waals surface area contributed by atoms with E-state index in [1.807, 2.05) is 67.6 Å². The summed E-state index contributed by atoms with van der Waals surface area (Å²) in [4.78, 5) is 11.7. The van der Waals surface area contributed by atoms with Gasteiger partial charge in [-0.1, -0.05) is 42.5 Å². The molecule has 0 saturated heterocycles. The molecule has 0 aliphatic heterocycles. The first-order valence-electron chi connectivity index (χ1n) is 7.07. The van der Waals surface area contributed by atoms with Gasteiger partial charge in [-0.25, -0.2) is 5.43 Å². The van der Waals surface area contributed by atoms with E-state index >= 15 is 0 Å². The third-order valence-electron chi connectivity index (χ3n) is 2.84. The van der Waals surface area contributed by atoms with Gasteiger partial charge in [0, 0.05) is 4.48 Å². The first kappa shape index (κ1) is 17.0. The molecule has 0 aliphatic rings. The van der Waals surface area contributed by atoms with Gasteiger partial charge in [-0.15, -0.1) is 0 Å². The molecule has 0 unspecified atom stereocenters. The zero-order valence-electron chi connectivity index (χ0n) is 12.7. The molecular weight excluding hydrogens is 356 g/mol. The predicted molar refractivity (Wildman–Crippen MR) is 96.7 cm³/mol. The molecule has 0 aromatic heterocycles. The van der Waals surface area contributed by atoms with Gasteiger partial charge in [0.15, 0.2) is 6.61 Å². The van der Waals surface area contributed by atoms with Gasteiger partial charge in [-0.2, -0.15) is 5.10 Å². The fourth-order valence-corrected chi connectivity index (χ4v) is 2.16. The maximum Gasteiger partial charge on any atom is 0.277 e. The molecule has 0 atom stereocenters. The van der Waals surface area contributed by atoms with Crippen molar-refractivity contribution in [2.75, 3.05) is 6.61 Å². The highest BCUT2D eigenvalue weighted by Crippen LogP contribution is 2.12. The molecule has 2 rings (SSSR count). The first-order chi connectivity index (χ1) is 11.1. The molecule has 0 saturated carbocycles. The summed E-state index contributed by atoms with van der Waals surface area (Å²) >= 11 is 3.38. The lowest BCUT2D eigenvalue weighted by Crippen LogP contribution is -2.24. The zero-order chi connectivity index (χ0) is 16.5. The average Bonchev–Trinajstić information content (AvgIpc) is 2.54. The number of carbonyl (C=O) groups is 1. The van der Waals surface area contributed by atoms with Gasteiger partial charge >= 0.3 is 0 Å². The molecule has 0 radical (unpaired) electrons. The molecule has 2 aromatic carbocycles. The number of carbonyl (C=O) groups excluding carboxylic acids is 1. The van der Waals surface area contributed by atoms with E-state index in [0.29, 0.717) is 5.75 Å². The Hall–Kier alpha value is -2.40. The maximum absolute atomic E-state index is 11.7. The van der Waals surface area contributed by atoms with Gasteiger partial charge in [-0.05, 0) is 52.2 Å². The summed E-state index contributed by atoms with van der Waals surface area (Å²) in [6.45, 7) is 1.88. The smallest absolute Gasteiger partial charge is 0.277 e. The molecule has 0 fully saturated rings. The maximum atomic E-state index is 11.7. The lowest BCUT2D eigenvalue weighted by Gasteiger charge is -2.05. The van der Waals surface area contributed by atoms with Crippen LogP contribution in [0.1, 0.15) is 11.1 Å². The van der Waals surface area contributed by atoms with E-state index in [1.165, 1.54) is 6.21 Å². The second-order valence-electron chi connectivity index (χ2n) is 4.84. The number of amides is 1. The molecule has 118 valence electrons. The van der Waals surface area contributed by atoms with Crippen molar-refractivity contribution in [1.29, 1.82) is 0 Å². The van der Waals surface area contributed by atoms with Crippen molar-refractivity contribution in [2.24, 2.45) is 5.10 Å². The first-order valence-corrected chi connectivity index (χ1v) is 7.86. The molecule has 2 aromatic rings. The lowest BCUT2D eigenvalue weighted by molar-refractivity contribution is -0.123. The summed E-state index contributed by atoms with van der Waals surface area (Å²) in [7, 11) is 0. The second kappa shape index (κ2) is 8.90. The van der Waals surface area contributed by atoms with Gasteiger partial charge in [0.2, 0.25) is 0 Å². The fraction of sp³-hybridized carbons (Fsp3) is 0.111. The molecule has 0 bridgehead atoms. The lowest BCUT2D eigenvalue weighted by atomic mass is 10.2. The molecular formula is C18H17BrN2O2. The van der Waals surface area contributed by atoms with Crippen LogP contribution < -0.4 is 10.2 Å². The van der Waals surface area contributed by atoms with Crippen LogP contribution in [-0.4, -0.2) is 18.7 Å². The van der Waals surface area contributed by atoms with Crippen molar-refractivity contribution >= 4 is 34.1 Å². The third kappa shape index (κ3) is 6.48. The van der Waals surface area contributed by atoms with E-state index < -0.39 is 0 Å². The fourth-order valence-electron chi connectivity index (χ4n) is 1.80. The normalized spacial score (nSPS) is 11.5. The van der Waals surface area contributed by atoms with Gasteiger partial charge in [0.1, 0.15) is 5.75 Å². The largest absolute Gasteiger partial charge is 0.484 e. The van der Waals surface area contributed by atoms with Crippen LogP contribution in [0, 0.1) is 6.92 Å². The van der Waals surface area contributed by atoms with Crippen LogP contribution in [0.3, 0.4) is 0 Å². The molecule has 0 aliphatic carbocycles. The highest BCUT2D eigenvalue weighted by Gasteiger charge is 2.01. The number of nitrogens with one attached hydrogen (secondary N) is 1. The van der Waals surface area contributed by atoms with Gasteiger partial charge in [-0.3, -0.25) is 4.79 Å². The average molecular weight is 373 g/mol. The van der Waals surface area contributed by atoms with Crippen LogP contribution in [0.2, 0.25) is 0 Å². The van der Waals surface area contributed by atoms with E-state index in [1.54, 1.807) is 0 Å². The minimum Gasteiger partial charge on any atom is -0.484 e. The molecule has 23 heavy (non-hydrogen) atoms. The molecule has 1 amide bonds. The number of hydrogen-bond acceptors (Lipinski definition) is 3. The summed E-state index contributed by atoms with van der Waals surface area (Å²) in [6.07, 6.45) is 3.43. The van der Waals surface area contributed by atoms with E-state index in [-0.39, 0.29) is 12.5 Å². The van der Waals surface area contributed by atoms with Crippen molar-refractivity contribution in [3.63, 3.8) is 0 Å². The SMILES string of the molecule is Cc1cccc(OCC(=O)NN=C/C(Br)=C\c2ccccc2)c1. The molecule has 0 heterocycles. The minimum absolute atomic E-state index is 0.0825. The number of halogens is 1. The Morgan fingerprint density at radius 3 is 2.74 bits per heavy atom. The Morgan fingerprint density at radius 2 is 2.00 bits per heavy atom. The predicted octanol–water partition coefficient (Wildman–Crippen LogP) is 3.91. The van der Waals surface area contributed by atoms with Crippen molar-refractivity contribution in [1.82, 2.24) is 5.43 Å². The number of rotatable bonds is 6. The van der Waals surface area contributed by atoms with E-state index in [4.69, 9.17) is 4.74 Å². The van der Waals surface area contributed by atoms with Crippen molar-refractivity contribution in [3.05, 3.63) is 70.2 Å².